The zero-order chi connectivity index (χ0) is 15.9. The third kappa shape index (κ3) is 4.91. The lowest BCUT2D eigenvalue weighted by atomic mass is 9.81. The van der Waals surface area contributed by atoms with Crippen molar-refractivity contribution in [2.45, 2.75) is 40.7 Å². The van der Waals surface area contributed by atoms with Crippen molar-refractivity contribution in [2.24, 2.45) is 17.8 Å². The van der Waals surface area contributed by atoms with Crippen LogP contribution in [0.1, 0.15) is 38.8 Å². The molecule has 0 aromatic heterocycles. The van der Waals surface area contributed by atoms with Crippen LogP contribution in [0, 0.1) is 17.8 Å². The Balaban J connectivity index is 1.92. The maximum Gasteiger partial charge on any atom is 0.119 e. The summed E-state index contributed by atoms with van der Waals surface area (Å²) in [5.41, 5.74) is 2.60. The van der Waals surface area contributed by atoms with E-state index < -0.39 is 0 Å². The molecule has 0 radical (unpaired) electrons. The second kappa shape index (κ2) is 8.03. The second-order valence-corrected chi connectivity index (χ2v) is 6.77. The van der Waals surface area contributed by atoms with Gasteiger partial charge in [-0.2, -0.15) is 0 Å². The molecule has 0 bridgehead atoms. The SMILES string of the molecule is CC(C)C(Cc1ccc(OCc2ccccc2)cc1)C(C)C. The minimum atomic E-state index is 0.626. The molecular weight excluding hydrogens is 268 g/mol. The number of benzene rings is 2. The van der Waals surface area contributed by atoms with Crippen molar-refractivity contribution >= 4 is 0 Å². The molecule has 0 N–H and O–H groups in total. The van der Waals surface area contributed by atoms with E-state index in [1.807, 2.05) is 18.2 Å². The summed E-state index contributed by atoms with van der Waals surface area (Å²) in [6.07, 6.45) is 1.15. The Kier molecular flexibility index (Phi) is 6.06. The molecule has 0 atom stereocenters. The van der Waals surface area contributed by atoms with E-state index in [0.29, 0.717) is 18.4 Å². The molecule has 0 saturated heterocycles. The highest BCUT2D eigenvalue weighted by Gasteiger charge is 2.17. The van der Waals surface area contributed by atoms with Gasteiger partial charge in [0.15, 0.2) is 0 Å². The summed E-state index contributed by atoms with van der Waals surface area (Å²) >= 11 is 0. The van der Waals surface area contributed by atoms with Gasteiger partial charge in [-0.15, -0.1) is 0 Å². The van der Waals surface area contributed by atoms with Crippen molar-refractivity contribution in [1.29, 1.82) is 0 Å². The maximum atomic E-state index is 5.85. The third-order valence-corrected chi connectivity index (χ3v) is 4.36. The molecule has 0 spiro atoms. The van der Waals surface area contributed by atoms with Gasteiger partial charge < -0.3 is 4.74 Å². The molecule has 0 aliphatic heterocycles. The number of hydrogen-bond donors (Lipinski definition) is 0. The first-order valence-corrected chi connectivity index (χ1v) is 8.32. The van der Waals surface area contributed by atoms with Crippen LogP contribution in [0.15, 0.2) is 54.6 Å². The molecule has 0 saturated carbocycles. The highest BCUT2D eigenvalue weighted by molar-refractivity contribution is 5.28. The van der Waals surface area contributed by atoms with Crippen LogP contribution >= 0.6 is 0 Å². The fraction of sp³-hybridized carbons (Fsp3) is 0.429. The molecule has 2 aromatic rings. The maximum absolute atomic E-state index is 5.85. The average molecular weight is 296 g/mol. The summed E-state index contributed by atoms with van der Waals surface area (Å²) in [5, 5.41) is 0. The van der Waals surface area contributed by atoms with Crippen molar-refractivity contribution in [3.8, 4) is 5.75 Å². The van der Waals surface area contributed by atoms with E-state index in [9.17, 15) is 0 Å². The van der Waals surface area contributed by atoms with E-state index in [0.717, 1.165) is 18.1 Å². The molecule has 118 valence electrons. The van der Waals surface area contributed by atoms with Crippen molar-refractivity contribution in [2.75, 3.05) is 0 Å². The van der Waals surface area contributed by atoms with Crippen molar-refractivity contribution in [3.05, 3.63) is 65.7 Å². The lowest BCUT2D eigenvalue weighted by Crippen LogP contribution is -2.18. The highest BCUT2D eigenvalue weighted by atomic mass is 16.5. The van der Waals surface area contributed by atoms with Crippen molar-refractivity contribution in [1.82, 2.24) is 0 Å². The topological polar surface area (TPSA) is 9.23 Å². The van der Waals surface area contributed by atoms with Gasteiger partial charge in [0.25, 0.3) is 0 Å². The van der Waals surface area contributed by atoms with E-state index >= 15 is 0 Å². The van der Waals surface area contributed by atoms with Gasteiger partial charge in [-0.1, -0.05) is 70.2 Å². The second-order valence-electron chi connectivity index (χ2n) is 6.77. The number of rotatable bonds is 7. The average Bonchev–Trinajstić information content (AvgIpc) is 2.52. The van der Waals surface area contributed by atoms with Crippen LogP contribution in [-0.4, -0.2) is 0 Å². The standard InChI is InChI=1S/C21H28O/c1-16(2)21(17(3)4)14-18-10-12-20(13-11-18)22-15-19-8-6-5-7-9-19/h5-13,16-17,21H,14-15H2,1-4H3. The van der Waals surface area contributed by atoms with Crippen LogP contribution in [0.2, 0.25) is 0 Å². The number of hydrogen-bond acceptors (Lipinski definition) is 1. The van der Waals surface area contributed by atoms with Gasteiger partial charge in [0.1, 0.15) is 12.4 Å². The molecule has 0 unspecified atom stereocenters. The fourth-order valence-electron chi connectivity index (χ4n) is 2.98. The highest BCUT2D eigenvalue weighted by Crippen LogP contribution is 2.26. The Labute approximate surface area is 135 Å². The first-order chi connectivity index (χ1) is 10.6. The molecule has 2 aromatic carbocycles. The molecule has 0 fully saturated rings. The molecule has 22 heavy (non-hydrogen) atoms. The van der Waals surface area contributed by atoms with Crippen LogP contribution in [0.4, 0.5) is 0 Å². The minimum absolute atomic E-state index is 0.626. The lowest BCUT2D eigenvalue weighted by Gasteiger charge is -2.25. The molecule has 0 heterocycles. The van der Waals surface area contributed by atoms with E-state index in [2.05, 4.69) is 64.1 Å². The van der Waals surface area contributed by atoms with Gasteiger partial charge in [-0.3, -0.25) is 0 Å². The Hall–Kier alpha value is -1.76. The summed E-state index contributed by atoms with van der Waals surface area (Å²) in [5.74, 6) is 3.11. The zero-order valence-corrected chi connectivity index (χ0v) is 14.3. The van der Waals surface area contributed by atoms with E-state index in [1.165, 1.54) is 11.1 Å². The van der Waals surface area contributed by atoms with Crippen LogP contribution < -0.4 is 4.74 Å². The Morgan fingerprint density at radius 2 is 1.32 bits per heavy atom. The van der Waals surface area contributed by atoms with Crippen molar-refractivity contribution in [3.63, 3.8) is 0 Å². The minimum Gasteiger partial charge on any atom is -0.489 e. The molecular formula is C21H28O. The lowest BCUT2D eigenvalue weighted by molar-refractivity contribution is 0.285. The van der Waals surface area contributed by atoms with E-state index in [1.54, 1.807) is 0 Å². The third-order valence-electron chi connectivity index (χ3n) is 4.36. The molecule has 1 nitrogen and oxygen atoms in total. The number of ether oxygens (including phenoxy) is 1. The predicted octanol–water partition coefficient (Wildman–Crippen LogP) is 5.74. The van der Waals surface area contributed by atoms with Gasteiger partial charge in [-0.05, 0) is 47.4 Å². The fourth-order valence-corrected chi connectivity index (χ4v) is 2.98. The van der Waals surface area contributed by atoms with Gasteiger partial charge in [0, 0.05) is 0 Å². The Morgan fingerprint density at radius 3 is 1.86 bits per heavy atom. The van der Waals surface area contributed by atoms with E-state index in [4.69, 9.17) is 4.74 Å². The van der Waals surface area contributed by atoms with Gasteiger partial charge >= 0.3 is 0 Å². The molecule has 0 amide bonds. The first-order valence-electron chi connectivity index (χ1n) is 8.32. The smallest absolute Gasteiger partial charge is 0.119 e. The first kappa shape index (κ1) is 16.6. The summed E-state index contributed by atoms with van der Waals surface area (Å²) < 4.78 is 5.85. The van der Waals surface area contributed by atoms with Gasteiger partial charge in [0.05, 0.1) is 0 Å². The Bertz CT molecular complexity index is 532. The van der Waals surface area contributed by atoms with Crippen LogP contribution in [0.25, 0.3) is 0 Å². The van der Waals surface area contributed by atoms with Crippen LogP contribution in [-0.2, 0) is 13.0 Å². The van der Waals surface area contributed by atoms with E-state index in [-0.39, 0.29) is 0 Å². The summed E-state index contributed by atoms with van der Waals surface area (Å²) in [6.45, 7) is 9.91. The quantitative estimate of drug-likeness (QED) is 0.633. The predicted molar refractivity (Wildman–Crippen MR) is 94.1 cm³/mol. The summed E-state index contributed by atoms with van der Waals surface area (Å²) in [7, 11) is 0. The molecule has 1 heteroatoms. The molecule has 0 aliphatic rings. The van der Waals surface area contributed by atoms with Crippen LogP contribution in [0.5, 0.6) is 5.75 Å². The monoisotopic (exact) mass is 296 g/mol. The van der Waals surface area contributed by atoms with Gasteiger partial charge in [0.2, 0.25) is 0 Å². The largest absolute Gasteiger partial charge is 0.489 e. The normalized spacial score (nSPS) is 11.4. The van der Waals surface area contributed by atoms with Crippen LogP contribution in [0.3, 0.4) is 0 Å². The Morgan fingerprint density at radius 1 is 0.727 bits per heavy atom. The molecule has 2 rings (SSSR count). The van der Waals surface area contributed by atoms with Gasteiger partial charge in [-0.25, -0.2) is 0 Å². The summed E-state index contributed by atoms with van der Waals surface area (Å²) in [4.78, 5) is 0. The summed E-state index contributed by atoms with van der Waals surface area (Å²) in [6, 6.07) is 18.9. The molecule has 0 aliphatic carbocycles. The zero-order valence-electron chi connectivity index (χ0n) is 14.3. The van der Waals surface area contributed by atoms with Crippen molar-refractivity contribution < 1.29 is 4.74 Å².